The number of carbonyl (C=O) groups excluding carboxylic acids is 1. The van der Waals surface area contributed by atoms with Crippen LogP contribution in [0.25, 0.3) is 5.57 Å². The lowest BCUT2D eigenvalue weighted by molar-refractivity contribution is -0.161. The molecule has 0 amide bonds. The van der Waals surface area contributed by atoms with Gasteiger partial charge in [-0.25, -0.2) is 4.79 Å². The van der Waals surface area contributed by atoms with Gasteiger partial charge in [0.25, 0.3) is 0 Å². The molecule has 0 aromatic heterocycles. The Balaban J connectivity index is 2.06. The summed E-state index contributed by atoms with van der Waals surface area (Å²) in [5.41, 5.74) is 0.511. The summed E-state index contributed by atoms with van der Waals surface area (Å²) >= 11 is 3.42. The molecule has 122 valence electrons. The number of ether oxygens (including phenoxy) is 2. The summed E-state index contributed by atoms with van der Waals surface area (Å²) in [7, 11) is 0. The quantitative estimate of drug-likeness (QED) is 0.605. The van der Waals surface area contributed by atoms with Gasteiger partial charge in [-0.15, -0.1) is 0 Å². The molecule has 0 spiro atoms. The minimum atomic E-state index is -1.42. The van der Waals surface area contributed by atoms with E-state index in [-0.39, 0.29) is 19.6 Å². The number of carboxylic acids is 1. The molecule has 0 aliphatic heterocycles. The SMILES string of the molecule is CC(=O)OCCOC1(C(=O)O)C=CC(c2cccc(Br)c2)=CC1. The van der Waals surface area contributed by atoms with E-state index in [0.717, 1.165) is 15.6 Å². The van der Waals surface area contributed by atoms with Crippen LogP contribution >= 0.6 is 15.9 Å². The molecule has 1 N–H and O–H groups in total. The molecular formula is C17H17BrO5. The van der Waals surface area contributed by atoms with Crippen molar-refractivity contribution in [3.8, 4) is 0 Å². The van der Waals surface area contributed by atoms with Gasteiger partial charge in [-0.2, -0.15) is 0 Å². The number of rotatable bonds is 6. The fraction of sp³-hybridized carbons (Fsp3) is 0.294. The van der Waals surface area contributed by atoms with Crippen LogP contribution in [0.15, 0.2) is 47.0 Å². The highest BCUT2D eigenvalue weighted by molar-refractivity contribution is 9.10. The van der Waals surface area contributed by atoms with E-state index in [9.17, 15) is 14.7 Å². The van der Waals surface area contributed by atoms with Crippen LogP contribution in [0.1, 0.15) is 18.9 Å². The van der Waals surface area contributed by atoms with Gasteiger partial charge in [-0.05, 0) is 29.3 Å². The van der Waals surface area contributed by atoms with Crippen molar-refractivity contribution in [2.75, 3.05) is 13.2 Å². The number of benzene rings is 1. The van der Waals surface area contributed by atoms with E-state index >= 15 is 0 Å². The van der Waals surface area contributed by atoms with Crippen LogP contribution in [-0.4, -0.2) is 35.9 Å². The Morgan fingerprint density at radius 3 is 2.70 bits per heavy atom. The van der Waals surface area contributed by atoms with Crippen LogP contribution in [0, 0.1) is 0 Å². The van der Waals surface area contributed by atoms with Gasteiger partial charge < -0.3 is 14.6 Å². The van der Waals surface area contributed by atoms with Gasteiger partial charge >= 0.3 is 11.9 Å². The predicted molar refractivity (Wildman–Crippen MR) is 88.8 cm³/mol. The van der Waals surface area contributed by atoms with Crippen molar-refractivity contribution in [2.24, 2.45) is 0 Å². The molecule has 1 aromatic rings. The van der Waals surface area contributed by atoms with Gasteiger partial charge in [0.15, 0.2) is 5.60 Å². The number of esters is 1. The van der Waals surface area contributed by atoms with E-state index in [1.807, 2.05) is 30.3 Å². The van der Waals surface area contributed by atoms with Crippen molar-refractivity contribution >= 4 is 33.4 Å². The second-order valence-corrected chi connectivity index (χ2v) is 6.01. The van der Waals surface area contributed by atoms with E-state index in [4.69, 9.17) is 9.47 Å². The molecule has 0 bridgehead atoms. The Labute approximate surface area is 142 Å². The minimum absolute atomic E-state index is 0.0241. The van der Waals surface area contributed by atoms with Gasteiger partial charge in [0.05, 0.1) is 6.61 Å². The topological polar surface area (TPSA) is 72.8 Å². The Kier molecular flexibility index (Phi) is 5.74. The fourth-order valence-corrected chi connectivity index (χ4v) is 2.64. The van der Waals surface area contributed by atoms with E-state index in [2.05, 4.69) is 15.9 Å². The normalized spacial score (nSPS) is 20.0. The molecule has 0 radical (unpaired) electrons. The smallest absolute Gasteiger partial charge is 0.340 e. The molecule has 23 heavy (non-hydrogen) atoms. The van der Waals surface area contributed by atoms with Gasteiger partial charge in [0.2, 0.25) is 0 Å². The molecule has 1 aliphatic carbocycles. The zero-order valence-corrected chi connectivity index (χ0v) is 14.2. The van der Waals surface area contributed by atoms with Crippen LogP contribution < -0.4 is 0 Å². The maximum absolute atomic E-state index is 11.6. The minimum Gasteiger partial charge on any atom is -0.479 e. The number of carboxylic acid groups (broad SMARTS) is 1. The number of halogens is 1. The van der Waals surface area contributed by atoms with Gasteiger partial charge in [-0.1, -0.05) is 40.2 Å². The summed E-state index contributed by atoms with van der Waals surface area (Å²) in [4.78, 5) is 22.3. The van der Waals surface area contributed by atoms with E-state index in [0.29, 0.717) is 0 Å². The molecule has 1 aromatic carbocycles. The fourth-order valence-electron chi connectivity index (χ4n) is 2.24. The maximum atomic E-state index is 11.6. The molecule has 0 fully saturated rings. The van der Waals surface area contributed by atoms with Crippen LogP contribution in [0.5, 0.6) is 0 Å². The lowest BCUT2D eigenvalue weighted by atomic mass is 9.89. The Hall–Kier alpha value is -1.92. The number of allylic oxidation sites excluding steroid dienone is 2. The van der Waals surface area contributed by atoms with Crippen LogP contribution in [-0.2, 0) is 19.1 Å². The third-order valence-corrected chi connectivity index (χ3v) is 3.92. The van der Waals surface area contributed by atoms with Gasteiger partial charge in [0, 0.05) is 17.8 Å². The molecular weight excluding hydrogens is 364 g/mol. The molecule has 6 heteroatoms. The second-order valence-electron chi connectivity index (χ2n) is 5.09. The summed E-state index contributed by atoms with van der Waals surface area (Å²) in [6.07, 6.45) is 5.33. The first-order valence-corrected chi connectivity index (χ1v) is 7.88. The van der Waals surface area contributed by atoms with Crippen molar-refractivity contribution in [2.45, 2.75) is 18.9 Å². The Morgan fingerprint density at radius 2 is 2.13 bits per heavy atom. The molecule has 0 saturated heterocycles. The van der Waals surface area contributed by atoms with Crippen LogP contribution in [0.3, 0.4) is 0 Å². The molecule has 2 rings (SSSR count). The zero-order chi connectivity index (χ0) is 16.9. The summed E-state index contributed by atoms with van der Waals surface area (Å²) in [5.74, 6) is -1.49. The molecule has 0 saturated carbocycles. The molecule has 1 atom stereocenters. The number of aliphatic carboxylic acids is 1. The molecule has 1 aliphatic rings. The lowest BCUT2D eigenvalue weighted by Crippen LogP contribution is -2.41. The van der Waals surface area contributed by atoms with Crippen molar-refractivity contribution < 1.29 is 24.2 Å². The van der Waals surface area contributed by atoms with Crippen LogP contribution in [0.4, 0.5) is 0 Å². The highest BCUT2D eigenvalue weighted by Crippen LogP contribution is 2.30. The first kappa shape index (κ1) is 17.4. The molecule has 5 nitrogen and oxygen atoms in total. The van der Waals surface area contributed by atoms with Crippen LogP contribution in [0.2, 0.25) is 0 Å². The number of carbonyl (C=O) groups is 2. The standard InChI is InChI=1S/C17H17BrO5/c1-12(19)22-9-10-23-17(16(20)21)7-5-13(6-8-17)14-3-2-4-15(18)11-14/h2-7,11H,8-10H2,1H3,(H,20,21). The van der Waals surface area contributed by atoms with Gasteiger partial charge in [0.1, 0.15) is 6.61 Å². The monoisotopic (exact) mass is 380 g/mol. The zero-order valence-electron chi connectivity index (χ0n) is 12.6. The summed E-state index contributed by atoms with van der Waals surface area (Å²) in [6, 6.07) is 7.76. The van der Waals surface area contributed by atoms with E-state index in [1.165, 1.54) is 6.92 Å². The summed E-state index contributed by atoms with van der Waals surface area (Å²) in [5, 5.41) is 9.48. The first-order chi connectivity index (χ1) is 10.9. The second kappa shape index (κ2) is 7.57. The number of hydrogen-bond acceptors (Lipinski definition) is 4. The van der Waals surface area contributed by atoms with Gasteiger partial charge in [-0.3, -0.25) is 4.79 Å². The van der Waals surface area contributed by atoms with Crippen molar-refractivity contribution in [3.63, 3.8) is 0 Å². The average Bonchev–Trinajstić information content (AvgIpc) is 2.52. The van der Waals surface area contributed by atoms with Crippen molar-refractivity contribution in [3.05, 3.63) is 52.5 Å². The van der Waals surface area contributed by atoms with Crippen molar-refractivity contribution in [1.82, 2.24) is 0 Å². The first-order valence-electron chi connectivity index (χ1n) is 7.09. The summed E-state index contributed by atoms with van der Waals surface area (Å²) in [6.45, 7) is 1.34. The third-order valence-electron chi connectivity index (χ3n) is 3.43. The third kappa shape index (κ3) is 4.53. The predicted octanol–water partition coefficient (Wildman–Crippen LogP) is 3.20. The summed E-state index contributed by atoms with van der Waals surface area (Å²) < 4.78 is 11.2. The van der Waals surface area contributed by atoms with Crippen molar-refractivity contribution in [1.29, 1.82) is 0 Å². The maximum Gasteiger partial charge on any atom is 0.340 e. The van der Waals surface area contributed by atoms with E-state index in [1.54, 1.807) is 12.2 Å². The average molecular weight is 381 g/mol. The highest BCUT2D eigenvalue weighted by Gasteiger charge is 2.37. The largest absolute Gasteiger partial charge is 0.479 e. The number of hydrogen-bond donors (Lipinski definition) is 1. The molecule has 1 unspecified atom stereocenters. The Morgan fingerprint density at radius 1 is 1.35 bits per heavy atom. The Bertz CT molecular complexity index is 665. The van der Waals surface area contributed by atoms with E-state index < -0.39 is 17.5 Å². The highest BCUT2D eigenvalue weighted by atomic mass is 79.9. The molecule has 0 heterocycles. The lowest BCUT2D eigenvalue weighted by Gasteiger charge is -2.28.